The van der Waals surface area contributed by atoms with Gasteiger partial charge in [-0.2, -0.15) is 0 Å². The molecule has 0 fully saturated rings. The molecule has 1 amide bonds. The van der Waals surface area contributed by atoms with Gasteiger partial charge in [-0.1, -0.05) is 30.4 Å². The molecular weight excluding hydrogens is 282 g/mol. The first kappa shape index (κ1) is 15.5. The van der Waals surface area contributed by atoms with Gasteiger partial charge in [0.15, 0.2) is 0 Å². The predicted molar refractivity (Wildman–Crippen MR) is 84.0 cm³/mol. The zero-order chi connectivity index (χ0) is 15.9. The molecule has 0 aliphatic carbocycles. The molecule has 0 saturated heterocycles. The highest BCUT2D eigenvalue weighted by molar-refractivity contribution is 5.94. The summed E-state index contributed by atoms with van der Waals surface area (Å²) in [6, 6.07) is 8.93. The summed E-state index contributed by atoms with van der Waals surface area (Å²) in [5.74, 6) is -0.151. The molecule has 22 heavy (non-hydrogen) atoms. The zero-order valence-corrected chi connectivity index (χ0v) is 12.2. The van der Waals surface area contributed by atoms with E-state index in [0.29, 0.717) is 24.2 Å². The minimum Gasteiger partial charge on any atom is -0.349 e. The van der Waals surface area contributed by atoms with Crippen LogP contribution in [0, 0.1) is 6.92 Å². The second kappa shape index (κ2) is 7.21. The number of allylic oxidation sites excluding steroid dienone is 1. The van der Waals surface area contributed by atoms with E-state index in [-0.39, 0.29) is 11.5 Å². The summed E-state index contributed by atoms with van der Waals surface area (Å²) < 4.78 is 1.40. The van der Waals surface area contributed by atoms with Crippen molar-refractivity contribution in [2.75, 3.05) is 6.54 Å². The van der Waals surface area contributed by atoms with E-state index in [0.717, 1.165) is 0 Å². The fraction of sp³-hybridized carbons (Fsp3) is 0.188. The van der Waals surface area contributed by atoms with E-state index in [9.17, 15) is 14.4 Å². The van der Waals surface area contributed by atoms with Crippen LogP contribution in [0.15, 0.2) is 58.3 Å². The number of nitrogens with zero attached hydrogens (tertiary/aromatic N) is 1. The van der Waals surface area contributed by atoms with E-state index in [1.165, 1.54) is 10.8 Å². The molecule has 1 aromatic heterocycles. The lowest BCUT2D eigenvalue weighted by Gasteiger charge is -2.03. The molecule has 6 heteroatoms. The summed E-state index contributed by atoms with van der Waals surface area (Å²) in [4.78, 5) is 36.8. The SMILES string of the molecule is Cc1cn(C/C=C\CNC(=O)c2ccccc2)c(=O)[nH]c1=O. The topological polar surface area (TPSA) is 84.0 Å². The van der Waals surface area contributed by atoms with E-state index in [4.69, 9.17) is 0 Å². The molecule has 114 valence electrons. The average molecular weight is 299 g/mol. The highest BCUT2D eigenvalue weighted by Gasteiger charge is 2.01. The molecular formula is C16H17N3O3. The maximum absolute atomic E-state index is 11.8. The molecule has 0 bridgehead atoms. The molecule has 0 spiro atoms. The number of benzene rings is 1. The van der Waals surface area contributed by atoms with Crippen molar-refractivity contribution in [2.24, 2.45) is 0 Å². The number of hydrogen-bond donors (Lipinski definition) is 2. The number of hydrogen-bond acceptors (Lipinski definition) is 3. The number of aromatic amines is 1. The van der Waals surface area contributed by atoms with Gasteiger partial charge in [0.25, 0.3) is 11.5 Å². The van der Waals surface area contributed by atoms with Crippen LogP contribution in [0.25, 0.3) is 0 Å². The third-order valence-electron chi connectivity index (χ3n) is 3.07. The quantitative estimate of drug-likeness (QED) is 0.802. The first-order chi connectivity index (χ1) is 10.6. The van der Waals surface area contributed by atoms with E-state index < -0.39 is 5.69 Å². The number of carbonyl (C=O) groups excluding carboxylic acids is 1. The summed E-state index contributed by atoms with van der Waals surface area (Å²) in [5.41, 5.74) is 0.252. The highest BCUT2D eigenvalue weighted by atomic mass is 16.2. The van der Waals surface area contributed by atoms with Gasteiger partial charge in [0.05, 0.1) is 0 Å². The van der Waals surface area contributed by atoms with E-state index in [1.54, 1.807) is 43.3 Å². The second-order valence-corrected chi connectivity index (χ2v) is 4.77. The average Bonchev–Trinajstić information content (AvgIpc) is 2.52. The van der Waals surface area contributed by atoms with Gasteiger partial charge in [0, 0.05) is 30.4 Å². The van der Waals surface area contributed by atoms with Gasteiger partial charge < -0.3 is 5.32 Å². The monoisotopic (exact) mass is 299 g/mol. The first-order valence-corrected chi connectivity index (χ1v) is 6.86. The molecule has 2 rings (SSSR count). The minimum absolute atomic E-state index is 0.151. The summed E-state index contributed by atoms with van der Waals surface area (Å²) >= 11 is 0. The third kappa shape index (κ3) is 4.05. The lowest BCUT2D eigenvalue weighted by atomic mass is 10.2. The standard InChI is InChI=1S/C16H17N3O3/c1-12-11-19(16(22)18-14(12)20)10-6-5-9-17-15(21)13-7-3-2-4-8-13/h2-8,11H,9-10H2,1H3,(H,17,21)(H,18,20,22)/b6-5-. The van der Waals surface area contributed by atoms with Gasteiger partial charge in [-0.3, -0.25) is 19.1 Å². The molecule has 0 unspecified atom stereocenters. The smallest absolute Gasteiger partial charge is 0.328 e. The van der Waals surface area contributed by atoms with Gasteiger partial charge in [0.2, 0.25) is 0 Å². The molecule has 2 N–H and O–H groups in total. The number of H-pyrrole nitrogens is 1. The molecule has 0 atom stereocenters. The van der Waals surface area contributed by atoms with Crippen LogP contribution in [0.4, 0.5) is 0 Å². The Kier molecular flexibility index (Phi) is 5.08. The Morgan fingerprint density at radius 3 is 2.68 bits per heavy atom. The number of aryl methyl sites for hydroxylation is 1. The van der Waals surface area contributed by atoms with Crippen molar-refractivity contribution >= 4 is 5.91 Å². The molecule has 1 heterocycles. The summed E-state index contributed by atoms with van der Waals surface area (Å²) in [7, 11) is 0. The normalized spacial score (nSPS) is 10.8. The van der Waals surface area contributed by atoms with E-state index in [2.05, 4.69) is 10.3 Å². The molecule has 6 nitrogen and oxygen atoms in total. The van der Waals surface area contributed by atoms with Crippen molar-refractivity contribution in [3.8, 4) is 0 Å². The maximum Gasteiger partial charge on any atom is 0.328 e. The number of aromatic nitrogens is 2. The van der Waals surface area contributed by atoms with Gasteiger partial charge >= 0.3 is 5.69 Å². The van der Waals surface area contributed by atoms with Crippen LogP contribution in [0.3, 0.4) is 0 Å². The van der Waals surface area contributed by atoms with Crippen LogP contribution in [-0.2, 0) is 6.54 Å². The number of nitrogens with one attached hydrogen (secondary N) is 2. The minimum atomic E-state index is -0.450. The Balaban J connectivity index is 1.87. The van der Waals surface area contributed by atoms with Gasteiger partial charge in [-0.05, 0) is 19.1 Å². The molecule has 0 saturated carbocycles. The predicted octanol–water partition coefficient (Wildman–Crippen LogP) is 0.831. The van der Waals surface area contributed by atoms with Crippen molar-refractivity contribution in [1.29, 1.82) is 0 Å². The van der Waals surface area contributed by atoms with Gasteiger partial charge in [-0.25, -0.2) is 4.79 Å². The number of carbonyl (C=O) groups is 1. The Morgan fingerprint density at radius 2 is 1.95 bits per heavy atom. The van der Waals surface area contributed by atoms with E-state index >= 15 is 0 Å². The summed E-state index contributed by atoms with van der Waals surface area (Å²) in [6.07, 6.45) is 5.02. The van der Waals surface area contributed by atoms with Crippen LogP contribution in [0.2, 0.25) is 0 Å². The number of amides is 1. The van der Waals surface area contributed by atoms with Crippen molar-refractivity contribution in [3.05, 3.63) is 80.6 Å². The molecule has 1 aromatic carbocycles. The van der Waals surface area contributed by atoms with Crippen molar-refractivity contribution < 1.29 is 4.79 Å². The third-order valence-corrected chi connectivity index (χ3v) is 3.07. The summed E-state index contributed by atoms with van der Waals surface area (Å²) in [6.45, 7) is 2.33. The van der Waals surface area contributed by atoms with Crippen LogP contribution < -0.4 is 16.6 Å². The lowest BCUT2D eigenvalue weighted by molar-refractivity contribution is 0.0958. The summed E-state index contributed by atoms with van der Waals surface area (Å²) in [5, 5.41) is 2.75. The first-order valence-electron chi connectivity index (χ1n) is 6.86. The van der Waals surface area contributed by atoms with Gasteiger partial charge in [0.1, 0.15) is 0 Å². The molecule has 0 aliphatic rings. The van der Waals surface area contributed by atoms with Crippen LogP contribution >= 0.6 is 0 Å². The Bertz CT molecular complexity index is 788. The highest BCUT2D eigenvalue weighted by Crippen LogP contribution is 1.97. The van der Waals surface area contributed by atoms with Crippen LogP contribution in [0.1, 0.15) is 15.9 Å². The maximum atomic E-state index is 11.8. The Morgan fingerprint density at radius 1 is 1.23 bits per heavy atom. The second-order valence-electron chi connectivity index (χ2n) is 4.77. The fourth-order valence-electron chi connectivity index (χ4n) is 1.87. The number of rotatable bonds is 5. The van der Waals surface area contributed by atoms with Crippen LogP contribution in [-0.4, -0.2) is 22.0 Å². The fourth-order valence-corrected chi connectivity index (χ4v) is 1.87. The van der Waals surface area contributed by atoms with Crippen molar-refractivity contribution in [3.63, 3.8) is 0 Å². The lowest BCUT2D eigenvalue weighted by Crippen LogP contribution is -2.30. The largest absolute Gasteiger partial charge is 0.349 e. The Hall–Kier alpha value is -2.89. The molecule has 0 aliphatic heterocycles. The van der Waals surface area contributed by atoms with Crippen molar-refractivity contribution in [1.82, 2.24) is 14.9 Å². The van der Waals surface area contributed by atoms with E-state index in [1.807, 2.05) is 6.07 Å². The molecule has 0 radical (unpaired) electrons. The van der Waals surface area contributed by atoms with Crippen LogP contribution in [0.5, 0.6) is 0 Å². The zero-order valence-electron chi connectivity index (χ0n) is 12.2. The molecule has 2 aromatic rings. The van der Waals surface area contributed by atoms with Gasteiger partial charge in [-0.15, -0.1) is 0 Å². The van der Waals surface area contributed by atoms with Crippen molar-refractivity contribution in [2.45, 2.75) is 13.5 Å². The Labute approximate surface area is 127 Å².